The van der Waals surface area contributed by atoms with Crippen LogP contribution < -0.4 is 4.74 Å². The molecular weight excluding hydrogens is 412 g/mol. The summed E-state index contributed by atoms with van der Waals surface area (Å²) in [6.07, 6.45) is 10.5. The molecule has 0 saturated heterocycles. The number of hydrogen-bond acceptors (Lipinski definition) is 3. The van der Waals surface area contributed by atoms with E-state index in [0.29, 0.717) is 0 Å². The van der Waals surface area contributed by atoms with Crippen molar-refractivity contribution in [2.24, 2.45) is 0 Å². The zero-order valence-electron chi connectivity index (χ0n) is 20.2. The summed E-state index contributed by atoms with van der Waals surface area (Å²) in [5.41, 5.74) is 5.50. The van der Waals surface area contributed by atoms with E-state index in [4.69, 9.17) is 13.6 Å². The van der Waals surface area contributed by atoms with Crippen molar-refractivity contribution in [2.75, 3.05) is 19.8 Å². The van der Waals surface area contributed by atoms with Crippen molar-refractivity contribution in [3.63, 3.8) is 0 Å². The van der Waals surface area contributed by atoms with Gasteiger partial charge in [0, 0.05) is 13.2 Å². The maximum absolute atomic E-state index is 6.11. The SMILES string of the molecule is CCO[Si](C)(CCCCCCOc1ccc2c(c1)C=C(c1ccccc1)CCC2)OCC. The van der Waals surface area contributed by atoms with Crippen LogP contribution in [-0.2, 0) is 15.3 Å². The van der Waals surface area contributed by atoms with Crippen LogP contribution in [0.25, 0.3) is 11.6 Å². The highest BCUT2D eigenvalue weighted by molar-refractivity contribution is 6.66. The summed E-state index contributed by atoms with van der Waals surface area (Å²) in [7, 11) is -1.96. The maximum Gasteiger partial charge on any atom is 0.334 e. The average molecular weight is 453 g/mol. The molecule has 0 atom stereocenters. The Morgan fingerprint density at radius 2 is 1.59 bits per heavy atom. The van der Waals surface area contributed by atoms with Crippen molar-refractivity contribution < 1.29 is 13.6 Å². The van der Waals surface area contributed by atoms with Gasteiger partial charge in [-0.2, -0.15) is 0 Å². The lowest BCUT2D eigenvalue weighted by atomic mass is 10.0. The first kappa shape index (κ1) is 24.8. The summed E-state index contributed by atoms with van der Waals surface area (Å²) >= 11 is 0. The fourth-order valence-corrected chi connectivity index (χ4v) is 7.01. The normalized spacial score (nSPS) is 13.9. The van der Waals surface area contributed by atoms with Gasteiger partial charge in [-0.1, -0.05) is 61.7 Å². The monoisotopic (exact) mass is 452 g/mol. The van der Waals surface area contributed by atoms with Crippen molar-refractivity contribution in [1.29, 1.82) is 0 Å². The Morgan fingerprint density at radius 3 is 2.34 bits per heavy atom. The van der Waals surface area contributed by atoms with Gasteiger partial charge in [-0.3, -0.25) is 0 Å². The molecule has 0 radical (unpaired) electrons. The summed E-state index contributed by atoms with van der Waals surface area (Å²) in [5, 5.41) is 0. The van der Waals surface area contributed by atoms with Gasteiger partial charge in [0.05, 0.1) is 6.61 Å². The van der Waals surface area contributed by atoms with E-state index in [-0.39, 0.29) is 0 Å². The van der Waals surface area contributed by atoms with Gasteiger partial charge < -0.3 is 13.6 Å². The van der Waals surface area contributed by atoms with E-state index < -0.39 is 8.56 Å². The predicted octanol–water partition coefficient (Wildman–Crippen LogP) is 7.65. The molecule has 2 aromatic rings. The maximum atomic E-state index is 6.11. The van der Waals surface area contributed by atoms with E-state index in [0.717, 1.165) is 50.9 Å². The minimum absolute atomic E-state index is 0.749. The minimum Gasteiger partial charge on any atom is -0.494 e. The molecule has 0 amide bonds. The molecule has 174 valence electrons. The lowest BCUT2D eigenvalue weighted by Gasteiger charge is -2.25. The molecule has 0 bridgehead atoms. The lowest BCUT2D eigenvalue weighted by molar-refractivity contribution is 0.188. The molecular formula is C28H40O3Si. The molecule has 0 fully saturated rings. The second-order valence-electron chi connectivity index (χ2n) is 8.76. The van der Waals surface area contributed by atoms with Crippen molar-refractivity contribution in [3.8, 4) is 5.75 Å². The van der Waals surface area contributed by atoms with Crippen LogP contribution in [0.3, 0.4) is 0 Å². The van der Waals surface area contributed by atoms with Gasteiger partial charge in [-0.05, 0) is 86.5 Å². The zero-order valence-corrected chi connectivity index (χ0v) is 21.2. The van der Waals surface area contributed by atoms with Crippen LogP contribution in [0.4, 0.5) is 0 Å². The molecule has 0 N–H and O–H groups in total. The first-order chi connectivity index (χ1) is 15.6. The number of rotatable bonds is 13. The van der Waals surface area contributed by atoms with Crippen LogP contribution in [0, 0.1) is 0 Å². The first-order valence-corrected chi connectivity index (χ1v) is 15.0. The number of hydrogen-bond donors (Lipinski definition) is 0. The number of aryl methyl sites for hydroxylation is 1. The molecule has 0 spiro atoms. The van der Waals surface area contributed by atoms with Crippen LogP contribution in [0.1, 0.15) is 69.1 Å². The third-order valence-electron chi connectivity index (χ3n) is 6.18. The van der Waals surface area contributed by atoms with Crippen LogP contribution in [-0.4, -0.2) is 28.4 Å². The molecule has 0 unspecified atom stereocenters. The topological polar surface area (TPSA) is 27.7 Å². The number of fused-ring (bicyclic) bond motifs is 1. The quantitative estimate of drug-likeness (QED) is 0.231. The summed E-state index contributed by atoms with van der Waals surface area (Å²) in [6, 6.07) is 18.5. The Kier molecular flexibility index (Phi) is 10.0. The average Bonchev–Trinajstić information content (AvgIpc) is 3.01. The second kappa shape index (κ2) is 13.0. The molecule has 2 aromatic carbocycles. The number of allylic oxidation sites excluding steroid dienone is 1. The molecule has 4 heteroatoms. The zero-order chi connectivity index (χ0) is 22.7. The Labute approximate surface area is 196 Å². The van der Waals surface area contributed by atoms with E-state index in [2.05, 4.69) is 75.0 Å². The van der Waals surface area contributed by atoms with Crippen molar-refractivity contribution in [2.45, 2.75) is 71.4 Å². The van der Waals surface area contributed by atoms with Gasteiger partial charge in [-0.15, -0.1) is 0 Å². The highest BCUT2D eigenvalue weighted by Crippen LogP contribution is 2.31. The highest BCUT2D eigenvalue weighted by atomic mass is 28.4. The number of ether oxygens (including phenoxy) is 1. The van der Waals surface area contributed by atoms with Crippen molar-refractivity contribution >= 4 is 20.2 Å². The van der Waals surface area contributed by atoms with Crippen molar-refractivity contribution in [3.05, 3.63) is 65.2 Å². The van der Waals surface area contributed by atoms with Crippen LogP contribution in [0.5, 0.6) is 5.75 Å². The third-order valence-corrected chi connectivity index (χ3v) is 9.24. The fourth-order valence-electron chi connectivity index (χ4n) is 4.52. The van der Waals surface area contributed by atoms with E-state index in [1.54, 1.807) is 0 Å². The molecule has 0 aliphatic heterocycles. The fraction of sp³-hybridized carbons (Fsp3) is 0.500. The summed E-state index contributed by atoms with van der Waals surface area (Å²) < 4.78 is 18.0. The Morgan fingerprint density at radius 1 is 0.844 bits per heavy atom. The molecule has 0 aromatic heterocycles. The molecule has 3 nitrogen and oxygen atoms in total. The first-order valence-electron chi connectivity index (χ1n) is 12.4. The Bertz CT molecular complexity index is 841. The van der Waals surface area contributed by atoms with E-state index in [9.17, 15) is 0 Å². The largest absolute Gasteiger partial charge is 0.494 e. The summed E-state index contributed by atoms with van der Waals surface area (Å²) in [4.78, 5) is 0. The molecule has 1 aliphatic carbocycles. The third kappa shape index (κ3) is 7.61. The van der Waals surface area contributed by atoms with E-state index in [1.165, 1.54) is 47.9 Å². The molecule has 3 rings (SSSR count). The van der Waals surface area contributed by atoms with Gasteiger partial charge >= 0.3 is 8.56 Å². The van der Waals surface area contributed by atoms with Crippen LogP contribution >= 0.6 is 0 Å². The molecule has 32 heavy (non-hydrogen) atoms. The van der Waals surface area contributed by atoms with E-state index in [1.807, 2.05) is 0 Å². The van der Waals surface area contributed by atoms with Gasteiger partial charge in [0.1, 0.15) is 5.75 Å². The summed E-state index contributed by atoms with van der Waals surface area (Å²) in [6.45, 7) is 8.59. The molecule has 1 aliphatic rings. The Balaban J connectivity index is 1.45. The molecule has 0 saturated carbocycles. The number of unbranched alkanes of at least 4 members (excludes halogenated alkanes) is 3. The number of benzene rings is 2. The second-order valence-corrected chi connectivity index (χ2v) is 12.1. The lowest BCUT2D eigenvalue weighted by Crippen LogP contribution is -2.38. The molecule has 0 heterocycles. The van der Waals surface area contributed by atoms with Gasteiger partial charge in [0.2, 0.25) is 0 Å². The van der Waals surface area contributed by atoms with Gasteiger partial charge in [0.25, 0.3) is 0 Å². The Hall–Kier alpha value is -1.88. The summed E-state index contributed by atoms with van der Waals surface area (Å²) in [5.74, 6) is 0.988. The smallest absolute Gasteiger partial charge is 0.334 e. The van der Waals surface area contributed by atoms with E-state index >= 15 is 0 Å². The van der Waals surface area contributed by atoms with Crippen LogP contribution in [0.2, 0.25) is 12.6 Å². The predicted molar refractivity (Wildman–Crippen MR) is 137 cm³/mol. The van der Waals surface area contributed by atoms with Crippen LogP contribution in [0.15, 0.2) is 48.5 Å². The van der Waals surface area contributed by atoms with Gasteiger partial charge in [0.15, 0.2) is 0 Å². The highest BCUT2D eigenvalue weighted by Gasteiger charge is 2.29. The minimum atomic E-state index is -1.96. The standard InChI is InChI=1S/C28H40O3Si/c1-4-30-32(3,31-5-2)21-12-7-6-11-20-29-28-19-18-25-16-13-17-26(22-27(25)23-28)24-14-9-8-10-15-24/h8-10,14-15,18-19,22-23H,4-7,11-13,16-17,20-21H2,1-3H3. The van der Waals surface area contributed by atoms with Gasteiger partial charge in [-0.25, -0.2) is 0 Å². The van der Waals surface area contributed by atoms with Crippen molar-refractivity contribution in [1.82, 2.24) is 0 Å².